The summed E-state index contributed by atoms with van der Waals surface area (Å²) in [7, 11) is 0. The third-order valence-electron chi connectivity index (χ3n) is 1.62. The Bertz CT molecular complexity index is 375. The first kappa shape index (κ1) is 11.0. The van der Waals surface area contributed by atoms with Crippen molar-refractivity contribution >= 4 is 17.7 Å². The summed E-state index contributed by atoms with van der Waals surface area (Å²) in [5.74, 6) is -1.29. The minimum absolute atomic E-state index is 0.00398. The number of hydrogen-bond donors (Lipinski definition) is 1. The molecule has 0 saturated carbocycles. The van der Waals surface area contributed by atoms with Crippen LogP contribution >= 0.6 is 0 Å². The minimum atomic E-state index is -1.29. The Morgan fingerprint density at radius 3 is 2.80 bits per heavy atom. The third-order valence-corrected chi connectivity index (χ3v) is 1.62. The van der Waals surface area contributed by atoms with E-state index in [4.69, 9.17) is 0 Å². The van der Waals surface area contributed by atoms with E-state index in [1.807, 2.05) is 0 Å². The van der Waals surface area contributed by atoms with E-state index in [0.29, 0.717) is 5.69 Å². The van der Waals surface area contributed by atoms with E-state index in [1.54, 1.807) is 13.0 Å². The highest BCUT2D eigenvalue weighted by Crippen LogP contribution is 2.10. The van der Waals surface area contributed by atoms with Gasteiger partial charge in [0.05, 0.1) is 12.6 Å². The lowest BCUT2D eigenvalue weighted by molar-refractivity contribution is -0.255. The summed E-state index contributed by atoms with van der Waals surface area (Å²) in [5.41, 5.74) is 0.361. The van der Waals surface area contributed by atoms with Crippen LogP contribution in [-0.4, -0.2) is 18.7 Å². The van der Waals surface area contributed by atoms with Crippen LogP contribution in [0.2, 0.25) is 0 Å². The van der Waals surface area contributed by atoms with Gasteiger partial charge in [0, 0.05) is 5.69 Å². The molecule has 0 aliphatic heterocycles. The quantitative estimate of drug-likeness (QED) is 0.789. The number of carboxylic acids is 1. The van der Waals surface area contributed by atoms with E-state index in [0.717, 1.165) is 0 Å². The van der Waals surface area contributed by atoms with Crippen LogP contribution in [0.25, 0.3) is 0 Å². The van der Waals surface area contributed by atoms with Crippen LogP contribution in [0, 0.1) is 0 Å². The molecular formula is C10H10NO4-. The van der Waals surface area contributed by atoms with Gasteiger partial charge in [0.25, 0.3) is 0 Å². The minimum Gasteiger partial charge on any atom is -0.545 e. The Morgan fingerprint density at radius 2 is 2.20 bits per heavy atom. The lowest BCUT2D eigenvalue weighted by Gasteiger charge is -2.07. The van der Waals surface area contributed by atoms with Gasteiger partial charge in [-0.1, -0.05) is 12.1 Å². The SMILES string of the molecule is CCOC(=O)Nc1cccc(C(=O)[O-])c1. The summed E-state index contributed by atoms with van der Waals surface area (Å²) in [6, 6.07) is 5.74. The number of carbonyl (C=O) groups excluding carboxylic acids is 2. The molecule has 0 heterocycles. The molecule has 5 nitrogen and oxygen atoms in total. The molecule has 1 aromatic rings. The molecule has 0 bridgehead atoms. The monoisotopic (exact) mass is 208 g/mol. The largest absolute Gasteiger partial charge is 0.545 e. The Balaban J connectivity index is 2.73. The number of hydrogen-bond acceptors (Lipinski definition) is 4. The number of aromatic carboxylic acids is 1. The van der Waals surface area contributed by atoms with Crippen molar-refractivity contribution in [3.63, 3.8) is 0 Å². The van der Waals surface area contributed by atoms with E-state index >= 15 is 0 Å². The molecule has 15 heavy (non-hydrogen) atoms. The zero-order valence-corrected chi connectivity index (χ0v) is 8.15. The van der Waals surface area contributed by atoms with E-state index in [-0.39, 0.29) is 12.2 Å². The highest BCUT2D eigenvalue weighted by atomic mass is 16.5. The molecule has 0 spiro atoms. The van der Waals surface area contributed by atoms with Gasteiger partial charge < -0.3 is 14.6 Å². The summed E-state index contributed by atoms with van der Waals surface area (Å²) in [5, 5.41) is 12.9. The number of rotatable bonds is 3. The summed E-state index contributed by atoms with van der Waals surface area (Å²) in [4.78, 5) is 21.5. The lowest BCUT2D eigenvalue weighted by Crippen LogP contribution is -2.22. The predicted molar refractivity (Wildman–Crippen MR) is 51.4 cm³/mol. The zero-order chi connectivity index (χ0) is 11.3. The van der Waals surface area contributed by atoms with E-state index in [1.165, 1.54) is 18.2 Å². The Hall–Kier alpha value is -2.04. The number of carboxylic acid groups (broad SMARTS) is 1. The molecular weight excluding hydrogens is 198 g/mol. The summed E-state index contributed by atoms with van der Waals surface area (Å²) in [6.45, 7) is 1.93. The van der Waals surface area contributed by atoms with E-state index in [2.05, 4.69) is 10.1 Å². The zero-order valence-electron chi connectivity index (χ0n) is 8.15. The first-order valence-corrected chi connectivity index (χ1v) is 4.38. The number of nitrogens with one attached hydrogen (secondary N) is 1. The van der Waals surface area contributed by atoms with Crippen LogP contribution < -0.4 is 10.4 Å². The van der Waals surface area contributed by atoms with Crippen LogP contribution in [0.5, 0.6) is 0 Å². The second kappa shape index (κ2) is 4.99. The smallest absolute Gasteiger partial charge is 0.411 e. The molecule has 5 heteroatoms. The average molecular weight is 208 g/mol. The summed E-state index contributed by atoms with van der Waals surface area (Å²) in [6.07, 6.45) is -0.618. The fraction of sp³-hybridized carbons (Fsp3) is 0.200. The molecule has 80 valence electrons. The van der Waals surface area contributed by atoms with E-state index < -0.39 is 12.1 Å². The highest BCUT2D eigenvalue weighted by Gasteiger charge is 2.02. The Kier molecular flexibility index (Phi) is 3.68. The maximum Gasteiger partial charge on any atom is 0.411 e. The van der Waals surface area contributed by atoms with Crippen molar-refractivity contribution in [2.24, 2.45) is 0 Å². The van der Waals surface area contributed by atoms with Crippen molar-refractivity contribution in [2.75, 3.05) is 11.9 Å². The highest BCUT2D eigenvalue weighted by molar-refractivity contribution is 5.90. The van der Waals surface area contributed by atoms with Crippen molar-refractivity contribution in [3.05, 3.63) is 29.8 Å². The number of amides is 1. The van der Waals surface area contributed by atoms with Gasteiger partial charge in [-0.15, -0.1) is 0 Å². The van der Waals surface area contributed by atoms with Crippen molar-refractivity contribution in [1.29, 1.82) is 0 Å². The van der Waals surface area contributed by atoms with Crippen molar-refractivity contribution in [3.8, 4) is 0 Å². The lowest BCUT2D eigenvalue weighted by atomic mass is 10.2. The number of anilines is 1. The standard InChI is InChI=1S/C10H11NO4/c1-2-15-10(14)11-8-5-3-4-7(6-8)9(12)13/h3-6H,2H2,1H3,(H,11,14)(H,12,13)/p-1. The second-order valence-electron chi connectivity index (χ2n) is 2.71. The van der Waals surface area contributed by atoms with Crippen molar-refractivity contribution < 1.29 is 19.4 Å². The van der Waals surface area contributed by atoms with Crippen LogP contribution in [0.3, 0.4) is 0 Å². The summed E-state index contributed by atoms with van der Waals surface area (Å²) >= 11 is 0. The van der Waals surface area contributed by atoms with Crippen LogP contribution in [0.1, 0.15) is 17.3 Å². The molecule has 0 radical (unpaired) electrons. The Labute approximate surface area is 86.7 Å². The number of carbonyl (C=O) groups is 2. The fourth-order valence-corrected chi connectivity index (χ4v) is 1.01. The first-order valence-electron chi connectivity index (χ1n) is 4.38. The van der Waals surface area contributed by atoms with Gasteiger partial charge in [0.15, 0.2) is 0 Å². The first-order chi connectivity index (χ1) is 7.13. The number of benzene rings is 1. The summed E-state index contributed by atoms with van der Waals surface area (Å²) < 4.78 is 4.63. The third kappa shape index (κ3) is 3.30. The molecule has 0 aromatic heterocycles. The molecule has 0 fully saturated rings. The van der Waals surface area contributed by atoms with Crippen molar-refractivity contribution in [2.45, 2.75) is 6.92 Å². The van der Waals surface area contributed by atoms with Crippen molar-refractivity contribution in [1.82, 2.24) is 0 Å². The van der Waals surface area contributed by atoms with Gasteiger partial charge in [-0.05, 0) is 24.6 Å². The maximum absolute atomic E-state index is 11.0. The molecule has 0 atom stereocenters. The molecule has 1 amide bonds. The van der Waals surface area contributed by atoms with Crippen LogP contribution in [0.4, 0.5) is 10.5 Å². The molecule has 0 aliphatic carbocycles. The molecule has 0 aliphatic rings. The maximum atomic E-state index is 11.0. The molecule has 1 aromatic carbocycles. The van der Waals surface area contributed by atoms with Gasteiger partial charge in [-0.25, -0.2) is 4.79 Å². The molecule has 1 N–H and O–H groups in total. The second-order valence-corrected chi connectivity index (χ2v) is 2.71. The molecule has 0 unspecified atom stereocenters. The number of ether oxygens (including phenoxy) is 1. The average Bonchev–Trinajstić information content (AvgIpc) is 2.18. The normalized spacial score (nSPS) is 9.40. The predicted octanol–water partition coefficient (Wildman–Crippen LogP) is 0.618. The van der Waals surface area contributed by atoms with Crippen LogP contribution in [-0.2, 0) is 4.74 Å². The topological polar surface area (TPSA) is 78.5 Å². The van der Waals surface area contributed by atoms with Gasteiger partial charge in [0.1, 0.15) is 0 Å². The van der Waals surface area contributed by atoms with Gasteiger partial charge in [-0.2, -0.15) is 0 Å². The Morgan fingerprint density at radius 1 is 1.47 bits per heavy atom. The molecule has 0 saturated heterocycles. The van der Waals surface area contributed by atoms with Gasteiger partial charge >= 0.3 is 6.09 Å². The molecule has 1 rings (SSSR count). The van der Waals surface area contributed by atoms with E-state index in [9.17, 15) is 14.7 Å². The fourth-order valence-electron chi connectivity index (χ4n) is 1.01. The van der Waals surface area contributed by atoms with Gasteiger partial charge in [0.2, 0.25) is 0 Å². The van der Waals surface area contributed by atoms with Crippen LogP contribution in [0.15, 0.2) is 24.3 Å². The van der Waals surface area contributed by atoms with Gasteiger partial charge in [-0.3, -0.25) is 5.32 Å².